The molecule has 0 unspecified atom stereocenters. The Bertz CT molecular complexity index is 569. The predicted octanol–water partition coefficient (Wildman–Crippen LogP) is 4.51. The molecule has 0 spiro atoms. The molecule has 0 aromatic heterocycles. The maximum absolute atomic E-state index is 9.67. The molecule has 2 rings (SSSR count). The van der Waals surface area contributed by atoms with Gasteiger partial charge in [0.25, 0.3) is 0 Å². The van der Waals surface area contributed by atoms with Gasteiger partial charge < -0.3 is 5.11 Å². The lowest BCUT2D eigenvalue weighted by atomic mass is 10.2. The Morgan fingerprint density at radius 3 is 2.71 bits per heavy atom. The zero-order chi connectivity index (χ0) is 12.3. The Labute approximate surface area is 122 Å². The van der Waals surface area contributed by atoms with Gasteiger partial charge in [-0.15, -0.1) is 0 Å². The first-order valence-electron chi connectivity index (χ1n) is 4.94. The molecule has 0 fully saturated rings. The highest BCUT2D eigenvalue weighted by atomic mass is 127. The lowest BCUT2D eigenvalue weighted by Gasteiger charge is -2.00. The van der Waals surface area contributed by atoms with Gasteiger partial charge in [-0.05, 0) is 52.9 Å². The molecule has 0 amide bonds. The van der Waals surface area contributed by atoms with Crippen molar-refractivity contribution in [1.82, 2.24) is 0 Å². The molecule has 0 aliphatic heterocycles. The van der Waals surface area contributed by atoms with E-state index in [0.717, 1.165) is 13.7 Å². The van der Waals surface area contributed by atoms with Crippen molar-refractivity contribution in [3.63, 3.8) is 0 Å². The Morgan fingerprint density at radius 2 is 1.94 bits per heavy atom. The normalized spacial score (nSPS) is 10.9. The van der Waals surface area contributed by atoms with E-state index in [9.17, 15) is 5.11 Å². The van der Waals surface area contributed by atoms with Crippen LogP contribution in [0, 0.1) is 3.57 Å². The SMILES string of the molecule is Oc1ccc(Br)cc1C=Nc1ccccc1I. The van der Waals surface area contributed by atoms with Gasteiger partial charge in [-0.3, -0.25) is 4.99 Å². The second-order valence-corrected chi connectivity index (χ2v) is 5.49. The fourth-order valence-corrected chi connectivity index (χ4v) is 2.23. The summed E-state index contributed by atoms with van der Waals surface area (Å²) in [6.45, 7) is 0. The summed E-state index contributed by atoms with van der Waals surface area (Å²) in [5.74, 6) is 0.225. The predicted molar refractivity (Wildman–Crippen MR) is 82.2 cm³/mol. The third-order valence-electron chi connectivity index (χ3n) is 2.18. The van der Waals surface area contributed by atoms with Crippen LogP contribution in [0.1, 0.15) is 5.56 Å². The molecule has 17 heavy (non-hydrogen) atoms. The van der Waals surface area contributed by atoms with Crippen LogP contribution in [0.15, 0.2) is 51.9 Å². The molecule has 4 heteroatoms. The highest BCUT2D eigenvalue weighted by molar-refractivity contribution is 14.1. The lowest BCUT2D eigenvalue weighted by molar-refractivity contribution is 0.474. The number of para-hydroxylation sites is 1. The first-order valence-corrected chi connectivity index (χ1v) is 6.81. The Balaban J connectivity index is 2.32. The zero-order valence-corrected chi connectivity index (χ0v) is 12.5. The highest BCUT2D eigenvalue weighted by Crippen LogP contribution is 2.23. The van der Waals surface area contributed by atoms with Crippen LogP contribution in [0.4, 0.5) is 5.69 Å². The van der Waals surface area contributed by atoms with E-state index in [0.29, 0.717) is 5.56 Å². The number of rotatable bonds is 2. The minimum Gasteiger partial charge on any atom is -0.507 e. The van der Waals surface area contributed by atoms with Crippen molar-refractivity contribution in [3.8, 4) is 5.75 Å². The molecule has 0 bridgehead atoms. The molecule has 86 valence electrons. The van der Waals surface area contributed by atoms with E-state index >= 15 is 0 Å². The number of halogens is 2. The number of phenolic OH excluding ortho intramolecular Hbond substituents is 1. The third-order valence-corrected chi connectivity index (χ3v) is 3.59. The second kappa shape index (κ2) is 5.64. The van der Waals surface area contributed by atoms with Crippen molar-refractivity contribution in [2.45, 2.75) is 0 Å². The molecule has 0 radical (unpaired) electrons. The zero-order valence-electron chi connectivity index (χ0n) is 8.77. The van der Waals surface area contributed by atoms with Crippen molar-refractivity contribution < 1.29 is 5.11 Å². The molecule has 0 saturated carbocycles. The van der Waals surface area contributed by atoms with Crippen molar-refractivity contribution in [2.75, 3.05) is 0 Å². The van der Waals surface area contributed by atoms with E-state index in [2.05, 4.69) is 43.5 Å². The molecule has 2 aromatic carbocycles. The van der Waals surface area contributed by atoms with Gasteiger partial charge in [0, 0.05) is 19.8 Å². The maximum atomic E-state index is 9.67. The van der Waals surface area contributed by atoms with E-state index in [1.165, 1.54) is 0 Å². The van der Waals surface area contributed by atoms with Crippen LogP contribution in [-0.4, -0.2) is 11.3 Å². The van der Waals surface area contributed by atoms with Crippen LogP contribution in [0.5, 0.6) is 5.75 Å². The molecule has 0 saturated heterocycles. The minimum atomic E-state index is 0.225. The van der Waals surface area contributed by atoms with Gasteiger partial charge in [0.05, 0.1) is 5.69 Å². The molecule has 0 aliphatic rings. The first kappa shape index (κ1) is 12.6. The summed E-state index contributed by atoms with van der Waals surface area (Å²) in [5, 5.41) is 9.67. The molecule has 2 aromatic rings. The average molecular weight is 402 g/mol. The van der Waals surface area contributed by atoms with Gasteiger partial charge in [0.1, 0.15) is 5.75 Å². The molecule has 1 N–H and O–H groups in total. The van der Waals surface area contributed by atoms with E-state index in [1.807, 2.05) is 30.3 Å². The van der Waals surface area contributed by atoms with E-state index in [4.69, 9.17) is 0 Å². The number of aliphatic imine (C=N–C) groups is 1. The molecule has 0 heterocycles. The number of hydrogen-bond donors (Lipinski definition) is 1. The summed E-state index contributed by atoms with van der Waals surface area (Å²) in [7, 11) is 0. The van der Waals surface area contributed by atoms with E-state index in [1.54, 1.807) is 18.3 Å². The van der Waals surface area contributed by atoms with Crippen LogP contribution < -0.4 is 0 Å². The largest absolute Gasteiger partial charge is 0.507 e. The monoisotopic (exact) mass is 401 g/mol. The van der Waals surface area contributed by atoms with Crippen LogP contribution in [0.3, 0.4) is 0 Å². The topological polar surface area (TPSA) is 32.6 Å². The lowest BCUT2D eigenvalue weighted by Crippen LogP contribution is -1.83. The van der Waals surface area contributed by atoms with Gasteiger partial charge in [-0.2, -0.15) is 0 Å². The summed E-state index contributed by atoms with van der Waals surface area (Å²) in [6, 6.07) is 13.1. The molecule has 2 nitrogen and oxygen atoms in total. The van der Waals surface area contributed by atoms with E-state index in [-0.39, 0.29) is 5.75 Å². The summed E-state index contributed by atoms with van der Waals surface area (Å²) >= 11 is 5.60. The number of aromatic hydroxyl groups is 1. The van der Waals surface area contributed by atoms with Crippen LogP contribution in [0.25, 0.3) is 0 Å². The summed E-state index contributed by atoms with van der Waals surface area (Å²) < 4.78 is 2.00. The Hall–Kier alpha value is -0.880. The van der Waals surface area contributed by atoms with Gasteiger partial charge in [-0.1, -0.05) is 28.1 Å². The van der Waals surface area contributed by atoms with Crippen molar-refractivity contribution in [3.05, 3.63) is 56.1 Å². The quantitative estimate of drug-likeness (QED) is 0.582. The molecule has 0 aliphatic carbocycles. The van der Waals surface area contributed by atoms with Crippen molar-refractivity contribution in [1.29, 1.82) is 0 Å². The Morgan fingerprint density at radius 1 is 1.18 bits per heavy atom. The first-order chi connectivity index (χ1) is 8.16. The Kier molecular flexibility index (Phi) is 4.17. The molecule has 0 atom stereocenters. The highest BCUT2D eigenvalue weighted by Gasteiger charge is 1.99. The maximum Gasteiger partial charge on any atom is 0.124 e. The van der Waals surface area contributed by atoms with E-state index < -0.39 is 0 Å². The smallest absolute Gasteiger partial charge is 0.124 e. The minimum absolute atomic E-state index is 0.225. The fourth-order valence-electron chi connectivity index (χ4n) is 1.32. The van der Waals surface area contributed by atoms with Crippen LogP contribution >= 0.6 is 38.5 Å². The summed E-state index contributed by atoms with van der Waals surface area (Å²) in [6.07, 6.45) is 1.66. The summed E-state index contributed by atoms with van der Waals surface area (Å²) in [5.41, 5.74) is 1.59. The summed E-state index contributed by atoms with van der Waals surface area (Å²) in [4.78, 5) is 4.36. The van der Waals surface area contributed by atoms with Crippen LogP contribution in [-0.2, 0) is 0 Å². The van der Waals surface area contributed by atoms with Crippen LogP contribution in [0.2, 0.25) is 0 Å². The fraction of sp³-hybridized carbons (Fsp3) is 0. The van der Waals surface area contributed by atoms with Gasteiger partial charge >= 0.3 is 0 Å². The number of benzene rings is 2. The standard InChI is InChI=1S/C13H9BrINO/c14-10-5-6-13(17)9(7-10)8-16-12-4-2-1-3-11(12)15/h1-8,17H. The number of hydrogen-bond acceptors (Lipinski definition) is 2. The number of phenols is 1. The molecular weight excluding hydrogens is 393 g/mol. The molecular formula is C13H9BrINO. The van der Waals surface area contributed by atoms with Crippen molar-refractivity contribution in [2.24, 2.45) is 4.99 Å². The number of nitrogens with zero attached hydrogens (tertiary/aromatic N) is 1. The second-order valence-electron chi connectivity index (χ2n) is 3.41. The van der Waals surface area contributed by atoms with Gasteiger partial charge in [0.2, 0.25) is 0 Å². The third kappa shape index (κ3) is 3.29. The van der Waals surface area contributed by atoms with Gasteiger partial charge in [-0.25, -0.2) is 0 Å². The van der Waals surface area contributed by atoms with Crippen molar-refractivity contribution >= 4 is 50.4 Å². The van der Waals surface area contributed by atoms with Gasteiger partial charge in [0.15, 0.2) is 0 Å². The average Bonchev–Trinajstić information content (AvgIpc) is 2.32.